The first-order valence-electron chi connectivity index (χ1n) is 9.32. The van der Waals surface area contributed by atoms with E-state index in [1.807, 2.05) is 6.07 Å². The van der Waals surface area contributed by atoms with Gasteiger partial charge in [-0.05, 0) is 36.4 Å². The Morgan fingerprint density at radius 2 is 1.69 bits per heavy atom. The fraction of sp³-hybridized carbons (Fsp3) is 0. The van der Waals surface area contributed by atoms with Crippen LogP contribution in [0, 0.1) is 0 Å². The van der Waals surface area contributed by atoms with Gasteiger partial charge in [0, 0.05) is 11.6 Å². The third-order valence-corrected chi connectivity index (χ3v) is 5.18. The van der Waals surface area contributed by atoms with Crippen LogP contribution in [-0.2, 0) is 0 Å². The Kier molecular flexibility index (Phi) is 5.81. The van der Waals surface area contributed by atoms with Gasteiger partial charge in [0.15, 0.2) is 5.69 Å². The average molecular weight is 467 g/mol. The van der Waals surface area contributed by atoms with Gasteiger partial charge in [0.2, 0.25) is 0 Å². The van der Waals surface area contributed by atoms with Gasteiger partial charge >= 0.3 is 0 Å². The molecule has 0 bridgehead atoms. The molecule has 2 heterocycles. The van der Waals surface area contributed by atoms with Crippen LogP contribution in [0.1, 0.15) is 20.8 Å². The number of carbonyl (C=O) groups excluding carboxylic acids is 2. The van der Waals surface area contributed by atoms with Gasteiger partial charge < -0.3 is 16.8 Å². The largest absolute Gasteiger partial charge is 0.384 e. The van der Waals surface area contributed by atoms with Crippen LogP contribution in [0.2, 0.25) is 10.0 Å². The molecule has 32 heavy (non-hydrogen) atoms. The summed E-state index contributed by atoms with van der Waals surface area (Å²) in [4.78, 5) is 29.0. The predicted molar refractivity (Wildman–Crippen MR) is 124 cm³/mol. The molecule has 160 valence electrons. The number of nitrogens with zero attached hydrogens (tertiary/aromatic N) is 3. The molecule has 5 N–H and O–H groups in total. The lowest BCUT2D eigenvalue weighted by molar-refractivity contribution is 0.0992. The number of nitrogen functional groups attached to an aromatic ring is 1. The topological polar surface area (TPSA) is 129 Å². The van der Waals surface area contributed by atoms with Crippen molar-refractivity contribution in [2.75, 3.05) is 11.1 Å². The molecule has 0 atom stereocenters. The molecule has 0 spiro atoms. The Hall–Kier alpha value is -3.88. The van der Waals surface area contributed by atoms with E-state index in [1.54, 1.807) is 42.5 Å². The molecule has 0 saturated heterocycles. The smallest absolute Gasteiger partial charge is 0.269 e. The molecular formula is C22H16Cl2N6O2. The number of nitrogens with two attached hydrogens (primary N) is 2. The molecule has 0 aliphatic rings. The SMILES string of the molecule is NC(=O)c1cc(NC(=O)c2cc(-c3cccc(N)n3)c(Cl)cc2Cl)n(-c2ccccc2)n1. The van der Waals surface area contributed by atoms with E-state index >= 15 is 0 Å². The van der Waals surface area contributed by atoms with E-state index in [-0.39, 0.29) is 22.1 Å². The number of anilines is 2. The van der Waals surface area contributed by atoms with Gasteiger partial charge in [-0.15, -0.1) is 0 Å². The van der Waals surface area contributed by atoms with Crippen molar-refractivity contribution in [2.24, 2.45) is 5.73 Å². The number of aromatic nitrogens is 3. The summed E-state index contributed by atoms with van der Waals surface area (Å²) in [5.74, 6) is -0.713. The van der Waals surface area contributed by atoms with Crippen LogP contribution in [0.5, 0.6) is 0 Å². The van der Waals surface area contributed by atoms with Crippen molar-refractivity contribution in [1.82, 2.24) is 14.8 Å². The minimum atomic E-state index is -0.727. The number of para-hydroxylation sites is 1. The van der Waals surface area contributed by atoms with Gasteiger partial charge in [-0.25, -0.2) is 9.67 Å². The second-order valence-corrected chi connectivity index (χ2v) is 7.55. The van der Waals surface area contributed by atoms with E-state index in [1.165, 1.54) is 22.9 Å². The second kappa shape index (κ2) is 8.70. The molecule has 2 aromatic carbocycles. The zero-order chi connectivity index (χ0) is 22.8. The first kappa shape index (κ1) is 21.4. The Morgan fingerprint density at radius 3 is 2.38 bits per heavy atom. The number of hydrogen-bond donors (Lipinski definition) is 3. The number of rotatable bonds is 5. The number of halogens is 2. The van der Waals surface area contributed by atoms with Crippen molar-refractivity contribution in [1.29, 1.82) is 0 Å². The summed E-state index contributed by atoms with van der Waals surface area (Å²) in [5.41, 5.74) is 12.9. The van der Waals surface area contributed by atoms with Crippen molar-refractivity contribution in [3.63, 3.8) is 0 Å². The molecule has 4 aromatic rings. The predicted octanol–water partition coefficient (Wildman–Crippen LogP) is 4.17. The van der Waals surface area contributed by atoms with E-state index in [0.29, 0.717) is 27.8 Å². The van der Waals surface area contributed by atoms with Gasteiger partial charge in [0.25, 0.3) is 11.8 Å². The van der Waals surface area contributed by atoms with Gasteiger partial charge in [-0.1, -0.05) is 47.5 Å². The lowest BCUT2D eigenvalue weighted by atomic mass is 10.1. The molecule has 0 unspecified atom stereocenters. The van der Waals surface area contributed by atoms with Gasteiger partial charge in [-0.3, -0.25) is 9.59 Å². The van der Waals surface area contributed by atoms with Crippen LogP contribution in [0.3, 0.4) is 0 Å². The summed E-state index contributed by atoms with van der Waals surface area (Å²) in [5, 5.41) is 7.37. The average Bonchev–Trinajstić information content (AvgIpc) is 3.18. The van der Waals surface area contributed by atoms with Crippen molar-refractivity contribution >= 4 is 46.7 Å². The van der Waals surface area contributed by atoms with Gasteiger partial charge in [0.1, 0.15) is 11.6 Å². The summed E-state index contributed by atoms with van der Waals surface area (Å²) in [6.07, 6.45) is 0. The standard InChI is InChI=1S/C22H16Cl2N6O2/c23-15-10-16(24)14(9-13(15)17-7-4-8-19(25)27-17)22(32)28-20-11-18(21(26)31)29-30(20)12-5-2-1-3-6-12/h1-11H,(H2,25,27)(H2,26,31)(H,28,32). The van der Waals surface area contributed by atoms with E-state index in [2.05, 4.69) is 15.4 Å². The number of pyridine rings is 1. The molecule has 2 amide bonds. The monoisotopic (exact) mass is 466 g/mol. The molecular weight excluding hydrogens is 451 g/mol. The lowest BCUT2D eigenvalue weighted by Crippen LogP contribution is -2.16. The van der Waals surface area contributed by atoms with Crippen molar-refractivity contribution in [2.45, 2.75) is 0 Å². The van der Waals surface area contributed by atoms with E-state index in [0.717, 1.165) is 0 Å². The van der Waals surface area contributed by atoms with E-state index < -0.39 is 11.8 Å². The first-order chi connectivity index (χ1) is 15.3. The van der Waals surface area contributed by atoms with Crippen molar-refractivity contribution in [3.05, 3.63) is 88.0 Å². The summed E-state index contributed by atoms with van der Waals surface area (Å²) in [6, 6.07) is 18.4. The van der Waals surface area contributed by atoms with Crippen LogP contribution in [0.25, 0.3) is 16.9 Å². The molecule has 0 fully saturated rings. The number of amides is 2. The highest BCUT2D eigenvalue weighted by Gasteiger charge is 2.20. The van der Waals surface area contributed by atoms with Crippen LogP contribution in [0.4, 0.5) is 11.6 Å². The van der Waals surface area contributed by atoms with Crippen LogP contribution in [-0.4, -0.2) is 26.6 Å². The quantitative estimate of drug-likeness (QED) is 0.406. The highest BCUT2D eigenvalue weighted by molar-refractivity contribution is 6.38. The molecule has 0 radical (unpaired) electrons. The van der Waals surface area contributed by atoms with Crippen LogP contribution in [0.15, 0.2) is 66.7 Å². The summed E-state index contributed by atoms with van der Waals surface area (Å²) in [6.45, 7) is 0. The highest BCUT2D eigenvalue weighted by atomic mass is 35.5. The number of hydrogen-bond acceptors (Lipinski definition) is 5. The zero-order valence-corrected chi connectivity index (χ0v) is 17.9. The normalized spacial score (nSPS) is 10.7. The maximum absolute atomic E-state index is 13.1. The van der Waals surface area contributed by atoms with E-state index in [4.69, 9.17) is 34.7 Å². The molecule has 2 aromatic heterocycles. The first-order valence-corrected chi connectivity index (χ1v) is 10.1. The Balaban J connectivity index is 1.74. The van der Waals surface area contributed by atoms with Crippen LogP contribution < -0.4 is 16.8 Å². The number of nitrogens with one attached hydrogen (secondary N) is 1. The van der Waals surface area contributed by atoms with Crippen LogP contribution >= 0.6 is 23.2 Å². The van der Waals surface area contributed by atoms with Crippen molar-refractivity contribution < 1.29 is 9.59 Å². The molecule has 0 aliphatic heterocycles. The fourth-order valence-corrected chi connectivity index (χ4v) is 3.63. The Bertz CT molecular complexity index is 1340. The highest BCUT2D eigenvalue weighted by Crippen LogP contribution is 2.33. The maximum atomic E-state index is 13.1. The third kappa shape index (κ3) is 4.27. The third-order valence-electron chi connectivity index (χ3n) is 4.55. The molecule has 4 rings (SSSR count). The summed E-state index contributed by atoms with van der Waals surface area (Å²) < 4.78 is 1.40. The van der Waals surface area contributed by atoms with Crippen molar-refractivity contribution in [3.8, 4) is 16.9 Å². The minimum Gasteiger partial charge on any atom is -0.384 e. The molecule has 0 aliphatic carbocycles. The second-order valence-electron chi connectivity index (χ2n) is 6.74. The number of benzene rings is 2. The number of primary amides is 1. The Labute approximate surface area is 192 Å². The summed E-state index contributed by atoms with van der Waals surface area (Å²) in [7, 11) is 0. The van der Waals surface area contributed by atoms with Gasteiger partial charge in [-0.2, -0.15) is 5.10 Å². The minimum absolute atomic E-state index is 0.00370. The fourth-order valence-electron chi connectivity index (χ4n) is 3.06. The molecule has 10 heteroatoms. The zero-order valence-electron chi connectivity index (χ0n) is 16.4. The molecule has 8 nitrogen and oxygen atoms in total. The summed E-state index contributed by atoms with van der Waals surface area (Å²) >= 11 is 12.6. The molecule has 0 saturated carbocycles. The maximum Gasteiger partial charge on any atom is 0.269 e. The van der Waals surface area contributed by atoms with Gasteiger partial charge in [0.05, 0.1) is 27.0 Å². The Morgan fingerprint density at radius 1 is 0.938 bits per heavy atom. The lowest BCUT2D eigenvalue weighted by Gasteiger charge is -2.12. The number of carbonyl (C=O) groups is 2. The van der Waals surface area contributed by atoms with E-state index in [9.17, 15) is 9.59 Å².